The van der Waals surface area contributed by atoms with Crippen LogP contribution in [-0.2, 0) is 13.0 Å². The molecule has 0 atom stereocenters. The van der Waals surface area contributed by atoms with Crippen molar-refractivity contribution in [3.05, 3.63) is 99.2 Å². The molecule has 9 nitrogen and oxygen atoms in total. The molecule has 5 aromatic rings. The molecular weight excluding hydrogens is 521 g/mol. The fourth-order valence-corrected chi connectivity index (χ4v) is 5.57. The lowest BCUT2D eigenvalue weighted by Gasteiger charge is -2.16. The molecule has 3 N–H and O–H groups in total. The highest BCUT2D eigenvalue weighted by Gasteiger charge is 2.27. The normalized spacial score (nSPS) is 14.9. The van der Waals surface area contributed by atoms with Gasteiger partial charge < -0.3 is 15.4 Å². The van der Waals surface area contributed by atoms with Gasteiger partial charge in [-0.2, -0.15) is 15.2 Å². The molecule has 2 aliphatic carbocycles. The molecule has 41 heavy (non-hydrogen) atoms. The highest BCUT2D eigenvalue weighted by Crippen LogP contribution is 2.41. The number of aromatic nitrogens is 5. The maximum absolute atomic E-state index is 15.2. The van der Waals surface area contributed by atoms with E-state index in [2.05, 4.69) is 21.0 Å². The average molecular weight is 548 g/mol. The highest BCUT2D eigenvalue weighted by molar-refractivity contribution is 5.83. The van der Waals surface area contributed by atoms with Crippen molar-refractivity contribution in [3.63, 3.8) is 0 Å². The number of nitrogen functional groups attached to an aromatic ring is 1. The van der Waals surface area contributed by atoms with Gasteiger partial charge in [-0.05, 0) is 72.4 Å². The molecular formula is C31H26FN7O2. The summed E-state index contributed by atoms with van der Waals surface area (Å²) in [6.45, 7) is -0.421. The Balaban J connectivity index is 1.29. The lowest BCUT2D eigenvalue weighted by Crippen LogP contribution is -2.20. The van der Waals surface area contributed by atoms with Crippen LogP contribution >= 0.6 is 0 Å². The number of anilines is 1. The molecule has 2 saturated carbocycles. The molecule has 0 aliphatic heterocycles. The third-order valence-corrected chi connectivity index (χ3v) is 7.86. The molecule has 2 fully saturated rings. The topological polar surface area (TPSA) is 136 Å². The number of nitrogens with two attached hydrogens (primary N) is 1. The molecule has 0 radical (unpaired) electrons. The van der Waals surface area contributed by atoms with Gasteiger partial charge in [0.15, 0.2) is 5.82 Å². The number of hydrogen-bond acceptors (Lipinski definition) is 7. The summed E-state index contributed by atoms with van der Waals surface area (Å²) >= 11 is 0. The van der Waals surface area contributed by atoms with E-state index >= 15 is 4.39 Å². The van der Waals surface area contributed by atoms with E-state index in [4.69, 9.17) is 5.73 Å². The summed E-state index contributed by atoms with van der Waals surface area (Å²) in [5.74, 6) is 0.483. The second-order valence-corrected chi connectivity index (χ2v) is 10.8. The first-order valence-electron chi connectivity index (χ1n) is 13.6. The first kappa shape index (κ1) is 25.1. The maximum Gasteiger partial charge on any atom is 0.265 e. The third-order valence-electron chi connectivity index (χ3n) is 7.86. The largest absolute Gasteiger partial charge is 0.392 e. The Hall–Kier alpha value is -4.88. The highest BCUT2D eigenvalue weighted by atomic mass is 19.1. The number of halogens is 1. The summed E-state index contributed by atoms with van der Waals surface area (Å²) < 4.78 is 18.5. The van der Waals surface area contributed by atoms with Gasteiger partial charge in [0.2, 0.25) is 5.95 Å². The minimum absolute atomic E-state index is 0.00718. The Morgan fingerprint density at radius 3 is 2.66 bits per heavy atom. The molecule has 2 aliphatic rings. The van der Waals surface area contributed by atoms with Crippen LogP contribution in [0.3, 0.4) is 0 Å². The van der Waals surface area contributed by atoms with Gasteiger partial charge in [0.1, 0.15) is 23.4 Å². The average Bonchev–Trinajstić information content (AvgIpc) is 3.90. The summed E-state index contributed by atoms with van der Waals surface area (Å²) in [6, 6.07) is 14.7. The van der Waals surface area contributed by atoms with E-state index in [-0.39, 0.29) is 17.2 Å². The maximum atomic E-state index is 15.2. The molecule has 7 rings (SSSR count). The minimum atomic E-state index is -0.546. The van der Waals surface area contributed by atoms with E-state index in [1.165, 1.54) is 10.6 Å². The molecule has 10 heteroatoms. The van der Waals surface area contributed by atoms with Gasteiger partial charge in [-0.3, -0.25) is 9.36 Å². The number of pyridine rings is 1. The molecule has 0 unspecified atom stereocenters. The molecule has 0 bridgehead atoms. The van der Waals surface area contributed by atoms with E-state index in [0.717, 1.165) is 36.8 Å². The molecule has 3 aromatic heterocycles. The molecule has 0 amide bonds. The predicted molar refractivity (Wildman–Crippen MR) is 151 cm³/mol. The van der Waals surface area contributed by atoms with Crippen LogP contribution in [0.4, 0.5) is 10.3 Å². The van der Waals surface area contributed by atoms with Gasteiger partial charge in [0.25, 0.3) is 5.56 Å². The zero-order valence-corrected chi connectivity index (χ0v) is 22.1. The number of aliphatic hydroxyl groups excluding tert-OH is 1. The van der Waals surface area contributed by atoms with E-state index in [0.29, 0.717) is 52.1 Å². The van der Waals surface area contributed by atoms with Gasteiger partial charge in [0, 0.05) is 36.0 Å². The van der Waals surface area contributed by atoms with Crippen LogP contribution in [0.2, 0.25) is 0 Å². The second kappa shape index (κ2) is 9.64. The van der Waals surface area contributed by atoms with E-state index < -0.39 is 18.0 Å². The number of nitriles is 1. The van der Waals surface area contributed by atoms with Crippen molar-refractivity contribution >= 4 is 16.7 Å². The molecule has 2 aromatic carbocycles. The Morgan fingerprint density at radius 1 is 1.10 bits per heavy atom. The van der Waals surface area contributed by atoms with E-state index in [9.17, 15) is 15.2 Å². The standard InChI is InChI=1S/C31H26FN7O2/c32-25-13-20(18-4-5-18)12-19-8-9-38(30(41)28(19)25)26-3-1-2-23(24(26)16-40)29-35-27(36-31(34)37-29)11-17-10-22(14-33)39(15-17)21-6-7-21/h1-3,8-10,12-13,15,18,21,40H,4-7,11,16H2,(H2,34,35,36,37). The van der Waals surface area contributed by atoms with Crippen LogP contribution < -0.4 is 11.3 Å². The Morgan fingerprint density at radius 2 is 1.93 bits per heavy atom. The van der Waals surface area contributed by atoms with Crippen molar-refractivity contribution in [2.75, 3.05) is 5.73 Å². The number of hydrogen-bond donors (Lipinski definition) is 2. The first-order valence-corrected chi connectivity index (χ1v) is 13.6. The summed E-state index contributed by atoms with van der Waals surface area (Å²) in [4.78, 5) is 26.8. The fourth-order valence-electron chi connectivity index (χ4n) is 5.57. The van der Waals surface area contributed by atoms with Crippen LogP contribution in [0.5, 0.6) is 0 Å². The monoisotopic (exact) mass is 547 g/mol. The number of aliphatic hydroxyl groups is 1. The van der Waals surface area contributed by atoms with Crippen molar-refractivity contribution in [1.29, 1.82) is 5.26 Å². The van der Waals surface area contributed by atoms with Gasteiger partial charge in [-0.25, -0.2) is 9.37 Å². The molecule has 204 valence electrons. The van der Waals surface area contributed by atoms with Crippen molar-refractivity contribution in [2.45, 2.75) is 50.7 Å². The van der Waals surface area contributed by atoms with Gasteiger partial charge >= 0.3 is 0 Å². The van der Waals surface area contributed by atoms with Crippen LogP contribution in [0.15, 0.2) is 59.7 Å². The van der Waals surface area contributed by atoms with Crippen LogP contribution in [-0.4, -0.2) is 29.2 Å². The number of benzene rings is 2. The zero-order valence-electron chi connectivity index (χ0n) is 22.1. The summed E-state index contributed by atoms with van der Waals surface area (Å²) in [5.41, 5.74) is 9.22. The molecule has 0 saturated heterocycles. The quantitative estimate of drug-likeness (QED) is 0.305. The number of rotatable bonds is 7. The smallest absolute Gasteiger partial charge is 0.265 e. The minimum Gasteiger partial charge on any atom is -0.392 e. The summed E-state index contributed by atoms with van der Waals surface area (Å²) in [6.07, 6.45) is 8.07. The number of nitrogens with zero attached hydrogens (tertiary/aromatic N) is 6. The van der Waals surface area contributed by atoms with Gasteiger partial charge in [0.05, 0.1) is 17.7 Å². The van der Waals surface area contributed by atoms with Crippen molar-refractivity contribution in [2.24, 2.45) is 0 Å². The van der Waals surface area contributed by atoms with Gasteiger partial charge in [-0.15, -0.1) is 0 Å². The zero-order chi connectivity index (χ0) is 28.2. The summed E-state index contributed by atoms with van der Waals surface area (Å²) in [5, 5.41) is 20.5. The van der Waals surface area contributed by atoms with Crippen molar-refractivity contribution < 1.29 is 9.50 Å². The Labute approximate surface area is 234 Å². The van der Waals surface area contributed by atoms with E-state index in [1.807, 2.05) is 22.9 Å². The Kier molecular flexibility index (Phi) is 5.91. The molecule has 3 heterocycles. The Bertz CT molecular complexity index is 1950. The van der Waals surface area contributed by atoms with Crippen molar-refractivity contribution in [1.82, 2.24) is 24.1 Å². The van der Waals surface area contributed by atoms with Gasteiger partial charge in [-0.1, -0.05) is 18.2 Å². The molecule has 0 spiro atoms. The lowest BCUT2D eigenvalue weighted by atomic mass is 10.0. The van der Waals surface area contributed by atoms with E-state index in [1.54, 1.807) is 30.5 Å². The number of fused-ring (bicyclic) bond motifs is 1. The third kappa shape index (κ3) is 4.54. The lowest BCUT2D eigenvalue weighted by molar-refractivity contribution is 0.282. The summed E-state index contributed by atoms with van der Waals surface area (Å²) in [7, 11) is 0. The van der Waals surface area contributed by atoms with Crippen molar-refractivity contribution in [3.8, 4) is 23.1 Å². The fraction of sp³-hybridized carbons (Fsp3) is 0.258. The van der Waals surface area contributed by atoms with Crippen LogP contribution in [0.25, 0.3) is 27.8 Å². The first-order chi connectivity index (χ1) is 19.9. The van der Waals surface area contributed by atoms with Crippen LogP contribution in [0.1, 0.15) is 65.9 Å². The second-order valence-electron chi connectivity index (χ2n) is 10.8. The van der Waals surface area contributed by atoms with Crippen LogP contribution in [0, 0.1) is 17.1 Å². The SMILES string of the molecule is N#Cc1cc(Cc2nc(N)nc(-c3cccc(-n4ccc5cc(C6CC6)cc(F)c5c4=O)c3CO)n2)cn1C1CC1. The predicted octanol–water partition coefficient (Wildman–Crippen LogP) is 4.53.